The number of benzene rings is 2. The van der Waals surface area contributed by atoms with E-state index in [0.29, 0.717) is 37.7 Å². The summed E-state index contributed by atoms with van der Waals surface area (Å²) in [5.74, 6) is 1.28. The molecule has 1 saturated heterocycles. The van der Waals surface area contributed by atoms with E-state index in [1.807, 2.05) is 43.3 Å². The van der Waals surface area contributed by atoms with Crippen LogP contribution in [0.4, 0.5) is 5.69 Å². The van der Waals surface area contributed by atoms with Gasteiger partial charge < -0.3 is 24.2 Å². The number of thiocarbonyl (C=S) groups is 1. The van der Waals surface area contributed by atoms with Gasteiger partial charge in [-0.3, -0.25) is 4.79 Å². The molecule has 6 nitrogen and oxygen atoms in total. The molecule has 1 fully saturated rings. The largest absolute Gasteiger partial charge is 0.485 e. The van der Waals surface area contributed by atoms with E-state index in [2.05, 4.69) is 34.1 Å². The molecule has 0 spiro atoms. The van der Waals surface area contributed by atoms with Crippen molar-refractivity contribution in [3.05, 3.63) is 54.1 Å². The molecule has 1 amide bonds. The SMILES string of the molecule is CN(C)c1ccc(C(=S)N2CCN(C(=O)[C@@H]3COc4ccccc4O3)CC2)cc1. The van der Waals surface area contributed by atoms with Crippen LogP contribution in [0.2, 0.25) is 0 Å². The molecule has 0 radical (unpaired) electrons. The van der Waals surface area contributed by atoms with Crippen molar-refractivity contribution < 1.29 is 14.3 Å². The van der Waals surface area contributed by atoms with Gasteiger partial charge in [0.15, 0.2) is 11.5 Å². The topological polar surface area (TPSA) is 45.2 Å². The lowest BCUT2D eigenvalue weighted by Crippen LogP contribution is -2.55. The van der Waals surface area contributed by atoms with Gasteiger partial charge >= 0.3 is 0 Å². The van der Waals surface area contributed by atoms with Gasteiger partial charge in [0.05, 0.1) is 0 Å². The number of ether oxygens (including phenoxy) is 2. The Labute approximate surface area is 176 Å². The van der Waals surface area contributed by atoms with Crippen molar-refractivity contribution in [1.29, 1.82) is 0 Å². The molecule has 0 bridgehead atoms. The van der Waals surface area contributed by atoms with E-state index in [4.69, 9.17) is 21.7 Å². The van der Waals surface area contributed by atoms with Gasteiger partial charge in [0.2, 0.25) is 6.10 Å². The van der Waals surface area contributed by atoms with Crippen LogP contribution in [0, 0.1) is 0 Å². The van der Waals surface area contributed by atoms with Crippen LogP contribution in [-0.4, -0.2) is 73.7 Å². The number of hydrogen-bond donors (Lipinski definition) is 0. The van der Waals surface area contributed by atoms with Gasteiger partial charge in [-0.1, -0.05) is 24.4 Å². The molecule has 2 heterocycles. The Morgan fingerprint density at radius 1 is 0.966 bits per heavy atom. The molecule has 1 atom stereocenters. The summed E-state index contributed by atoms with van der Waals surface area (Å²) in [4.78, 5) is 19.8. The first-order valence-electron chi connectivity index (χ1n) is 9.77. The Hall–Kier alpha value is -2.80. The van der Waals surface area contributed by atoms with Gasteiger partial charge in [-0.05, 0) is 36.4 Å². The summed E-state index contributed by atoms with van der Waals surface area (Å²) < 4.78 is 11.5. The normalized spacial score (nSPS) is 18.3. The third-order valence-electron chi connectivity index (χ3n) is 5.29. The number of nitrogens with zero attached hydrogens (tertiary/aromatic N) is 3. The monoisotopic (exact) mass is 411 g/mol. The van der Waals surface area contributed by atoms with Crippen LogP contribution in [0.25, 0.3) is 0 Å². The van der Waals surface area contributed by atoms with E-state index in [1.54, 1.807) is 0 Å². The first kappa shape index (κ1) is 19.5. The highest BCUT2D eigenvalue weighted by Crippen LogP contribution is 2.31. The summed E-state index contributed by atoms with van der Waals surface area (Å²) in [6.07, 6.45) is -0.595. The van der Waals surface area contributed by atoms with E-state index in [-0.39, 0.29) is 12.5 Å². The molecule has 0 unspecified atom stereocenters. The Kier molecular flexibility index (Phi) is 5.58. The highest BCUT2D eigenvalue weighted by atomic mass is 32.1. The standard InChI is InChI=1S/C22H25N3O3S/c1-23(2)17-9-7-16(8-10-17)22(29)25-13-11-24(12-14-25)21(26)20-15-27-18-5-3-4-6-19(18)28-20/h3-10,20H,11-15H2,1-2H3/t20-/m0/s1. The van der Waals surface area contributed by atoms with Gasteiger partial charge in [0, 0.05) is 51.5 Å². The fourth-order valence-electron chi connectivity index (χ4n) is 3.56. The molecule has 7 heteroatoms. The summed E-state index contributed by atoms with van der Waals surface area (Å²) in [5.41, 5.74) is 2.18. The second-order valence-corrected chi connectivity index (χ2v) is 7.81. The van der Waals surface area contributed by atoms with Crippen LogP contribution in [0.1, 0.15) is 5.56 Å². The predicted octanol–water partition coefficient (Wildman–Crippen LogP) is 2.41. The Balaban J connectivity index is 1.33. The van der Waals surface area contributed by atoms with Crippen molar-refractivity contribution in [2.75, 3.05) is 51.8 Å². The molecule has 2 aliphatic rings. The lowest BCUT2D eigenvalue weighted by Gasteiger charge is -2.38. The van der Waals surface area contributed by atoms with Gasteiger partial charge in [-0.25, -0.2) is 0 Å². The Morgan fingerprint density at radius 3 is 2.24 bits per heavy atom. The fraction of sp³-hybridized carbons (Fsp3) is 0.364. The molecule has 152 valence electrons. The number of hydrogen-bond acceptors (Lipinski definition) is 5. The average Bonchev–Trinajstić information content (AvgIpc) is 2.78. The van der Waals surface area contributed by atoms with Crippen LogP contribution in [0.5, 0.6) is 11.5 Å². The van der Waals surface area contributed by atoms with Crippen LogP contribution < -0.4 is 14.4 Å². The number of para-hydroxylation sites is 2. The quantitative estimate of drug-likeness (QED) is 0.723. The minimum atomic E-state index is -0.595. The number of carbonyl (C=O) groups excluding carboxylic acids is 1. The average molecular weight is 412 g/mol. The highest BCUT2D eigenvalue weighted by molar-refractivity contribution is 7.80. The van der Waals surface area contributed by atoms with Crippen molar-refractivity contribution in [1.82, 2.24) is 9.80 Å². The van der Waals surface area contributed by atoms with E-state index in [9.17, 15) is 4.79 Å². The molecule has 2 aromatic carbocycles. The zero-order valence-corrected chi connectivity index (χ0v) is 17.5. The minimum Gasteiger partial charge on any atom is -0.485 e. The number of piperazine rings is 1. The maximum atomic E-state index is 12.9. The molecule has 2 aliphatic heterocycles. The minimum absolute atomic E-state index is 0.0274. The number of amides is 1. The van der Waals surface area contributed by atoms with Crippen molar-refractivity contribution in [3.8, 4) is 11.5 Å². The highest BCUT2D eigenvalue weighted by Gasteiger charge is 2.33. The van der Waals surface area contributed by atoms with Gasteiger partial charge in [0.1, 0.15) is 11.6 Å². The van der Waals surface area contributed by atoms with Gasteiger partial charge in [-0.2, -0.15) is 0 Å². The fourth-order valence-corrected chi connectivity index (χ4v) is 3.88. The molecule has 0 aliphatic carbocycles. The number of carbonyl (C=O) groups is 1. The third-order valence-corrected chi connectivity index (χ3v) is 5.79. The number of rotatable bonds is 3. The van der Waals surface area contributed by atoms with E-state index in [0.717, 1.165) is 16.2 Å². The maximum absolute atomic E-state index is 12.9. The Morgan fingerprint density at radius 2 is 1.59 bits per heavy atom. The molecular formula is C22H25N3O3S. The van der Waals surface area contributed by atoms with Crippen molar-refractivity contribution in [2.24, 2.45) is 0 Å². The van der Waals surface area contributed by atoms with Crippen LogP contribution in [0.15, 0.2) is 48.5 Å². The molecule has 0 N–H and O–H groups in total. The van der Waals surface area contributed by atoms with E-state index >= 15 is 0 Å². The van der Waals surface area contributed by atoms with Crippen LogP contribution in [-0.2, 0) is 4.79 Å². The van der Waals surface area contributed by atoms with Crippen molar-refractivity contribution in [3.63, 3.8) is 0 Å². The zero-order chi connectivity index (χ0) is 20.4. The molecule has 0 aromatic heterocycles. The summed E-state index contributed by atoms with van der Waals surface area (Å²) in [6, 6.07) is 15.7. The lowest BCUT2D eigenvalue weighted by atomic mass is 10.1. The summed E-state index contributed by atoms with van der Waals surface area (Å²) in [7, 11) is 4.03. The third kappa shape index (κ3) is 4.15. The molecule has 2 aromatic rings. The number of fused-ring (bicyclic) bond motifs is 1. The van der Waals surface area contributed by atoms with Crippen molar-refractivity contribution in [2.45, 2.75) is 6.10 Å². The second-order valence-electron chi connectivity index (χ2n) is 7.42. The van der Waals surface area contributed by atoms with Crippen LogP contribution in [0.3, 0.4) is 0 Å². The van der Waals surface area contributed by atoms with Crippen LogP contribution >= 0.6 is 12.2 Å². The predicted molar refractivity (Wildman–Crippen MR) is 117 cm³/mol. The smallest absolute Gasteiger partial charge is 0.267 e. The summed E-state index contributed by atoms with van der Waals surface area (Å²) >= 11 is 5.69. The zero-order valence-electron chi connectivity index (χ0n) is 16.7. The summed E-state index contributed by atoms with van der Waals surface area (Å²) in [5, 5.41) is 0. The lowest BCUT2D eigenvalue weighted by molar-refractivity contribution is -0.142. The summed E-state index contributed by atoms with van der Waals surface area (Å²) in [6.45, 7) is 2.91. The molecular weight excluding hydrogens is 386 g/mol. The van der Waals surface area contributed by atoms with Gasteiger partial charge in [0.25, 0.3) is 5.91 Å². The molecule has 0 saturated carbocycles. The maximum Gasteiger partial charge on any atom is 0.267 e. The first-order chi connectivity index (χ1) is 14.0. The second kappa shape index (κ2) is 8.29. The van der Waals surface area contributed by atoms with Crippen molar-refractivity contribution >= 4 is 28.8 Å². The van der Waals surface area contributed by atoms with E-state index in [1.165, 1.54) is 0 Å². The van der Waals surface area contributed by atoms with Gasteiger partial charge in [-0.15, -0.1) is 0 Å². The molecule has 29 heavy (non-hydrogen) atoms. The first-order valence-corrected chi connectivity index (χ1v) is 10.2. The van der Waals surface area contributed by atoms with E-state index < -0.39 is 6.10 Å². The number of anilines is 1. The molecule has 4 rings (SSSR count). The Bertz CT molecular complexity index is 892.